The Morgan fingerprint density at radius 3 is 2.85 bits per heavy atom. The van der Waals surface area contributed by atoms with E-state index in [4.69, 9.17) is 10.5 Å². The number of carbonyl (C=O) groups excluding carboxylic acids is 1. The van der Waals surface area contributed by atoms with E-state index in [1.165, 1.54) is 5.56 Å². The molecule has 20 heavy (non-hydrogen) atoms. The predicted molar refractivity (Wildman–Crippen MR) is 79.6 cm³/mol. The molecule has 1 aromatic carbocycles. The third kappa shape index (κ3) is 4.30. The molecule has 5 nitrogen and oxygen atoms in total. The number of hydrogen-bond acceptors (Lipinski definition) is 4. The van der Waals surface area contributed by atoms with Gasteiger partial charge in [0.1, 0.15) is 0 Å². The predicted octanol–water partition coefficient (Wildman–Crippen LogP) is 0.982. The first-order valence-electron chi connectivity index (χ1n) is 7.00. The van der Waals surface area contributed by atoms with E-state index in [2.05, 4.69) is 10.2 Å². The topological polar surface area (TPSA) is 67.6 Å². The van der Waals surface area contributed by atoms with Crippen LogP contribution < -0.4 is 11.1 Å². The van der Waals surface area contributed by atoms with Crippen LogP contribution in [-0.2, 0) is 9.53 Å². The lowest BCUT2D eigenvalue weighted by atomic mass is 10.1. The monoisotopic (exact) mass is 277 g/mol. The van der Waals surface area contributed by atoms with Crippen LogP contribution in [0.2, 0.25) is 0 Å². The Morgan fingerprint density at radius 1 is 1.50 bits per heavy atom. The Kier molecular flexibility index (Phi) is 5.11. The summed E-state index contributed by atoms with van der Waals surface area (Å²) in [4.78, 5) is 14.1. The van der Waals surface area contributed by atoms with Crippen LogP contribution in [0.3, 0.4) is 0 Å². The fourth-order valence-electron chi connectivity index (χ4n) is 2.23. The molecule has 0 radical (unpaired) electrons. The van der Waals surface area contributed by atoms with Crippen molar-refractivity contribution in [2.24, 2.45) is 5.73 Å². The Morgan fingerprint density at radius 2 is 2.20 bits per heavy atom. The van der Waals surface area contributed by atoms with Crippen LogP contribution >= 0.6 is 0 Å². The maximum Gasteiger partial charge on any atom is 0.238 e. The van der Waals surface area contributed by atoms with Crippen molar-refractivity contribution in [3.63, 3.8) is 0 Å². The number of aryl methyl sites for hydroxylation is 1. The Labute approximate surface area is 120 Å². The van der Waals surface area contributed by atoms with Gasteiger partial charge in [-0.15, -0.1) is 0 Å². The molecule has 0 bridgehead atoms. The molecule has 2 rings (SSSR count). The van der Waals surface area contributed by atoms with E-state index in [-0.39, 0.29) is 18.1 Å². The molecule has 0 spiro atoms. The number of nitrogens with zero attached hydrogens (tertiary/aromatic N) is 1. The fourth-order valence-corrected chi connectivity index (χ4v) is 2.23. The molecule has 1 aliphatic heterocycles. The van der Waals surface area contributed by atoms with Crippen molar-refractivity contribution in [1.29, 1.82) is 0 Å². The van der Waals surface area contributed by atoms with Crippen molar-refractivity contribution in [3.05, 3.63) is 29.8 Å². The summed E-state index contributed by atoms with van der Waals surface area (Å²) in [5.41, 5.74) is 7.85. The van der Waals surface area contributed by atoms with Crippen LogP contribution in [0.15, 0.2) is 24.3 Å². The zero-order valence-corrected chi connectivity index (χ0v) is 12.1. The SMILES string of the molecule is Cc1ccc(NC(=O)CN2CCOC(C(C)N)C2)cc1. The van der Waals surface area contributed by atoms with Gasteiger partial charge in [-0.05, 0) is 26.0 Å². The number of morpholine rings is 1. The number of amides is 1. The molecule has 5 heteroatoms. The van der Waals surface area contributed by atoms with E-state index in [0.29, 0.717) is 19.7 Å². The highest BCUT2D eigenvalue weighted by molar-refractivity contribution is 5.92. The molecule has 1 heterocycles. The molecule has 0 aliphatic carbocycles. The fraction of sp³-hybridized carbons (Fsp3) is 0.533. The summed E-state index contributed by atoms with van der Waals surface area (Å²) in [6, 6.07) is 7.78. The Balaban J connectivity index is 1.83. The third-order valence-electron chi connectivity index (χ3n) is 3.47. The van der Waals surface area contributed by atoms with Crippen molar-refractivity contribution in [2.45, 2.75) is 26.0 Å². The smallest absolute Gasteiger partial charge is 0.238 e. The van der Waals surface area contributed by atoms with Gasteiger partial charge >= 0.3 is 0 Å². The second-order valence-electron chi connectivity index (χ2n) is 5.42. The zero-order valence-electron chi connectivity index (χ0n) is 12.1. The molecule has 110 valence electrons. The second kappa shape index (κ2) is 6.83. The van der Waals surface area contributed by atoms with Crippen LogP contribution in [0.1, 0.15) is 12.5 Å². The lowest BCUT2D eigenvalue weighted by molar-refractivity contribution is -0.119. The molecule has 0 saturated carbocycles. The van der Waals surface area contributed by atoms with E-state index < -0.39 is 0 Å². The number of rotatable bonds is 4. The number of carbonyl (C=O) groups is 1. The number of nitrogens with one attached hydrogen (secondary N) is 1. The van der Waals surface area contributed by atoms with Crippen LogP contribution in [-0.4, -0.2) is 49.2 Å². The molecule has 1 saturated heterocycles. The highest BCUT2D eigenvalue weighted by atomic mass is 16.5. The van der Waals surface area contributed by atoms with Crippen LogP contribution in [0.25, 0.3) is 0 Å². The summed E-state index contributed by atoms with van der Waals surface area (Å²) < 4.78 is 5.58. The first kappa shape index (κ1) is 15.0. The standard InChI is InChI=1S/C15H23N3O2/c1-11-3-5-13(6-4-11)17-15(19)10-18-7-8-20-14(9-18)12(2)16/h3-6,12,14H,7-10,16H2,1-2H3,(H,17,19). The van der Waals surface area contributed by atoms with Crippen LogP contribution in [0.4, 0.5) is 5.69 Å². The molecule has 1 aromatic rings. The molecule has 1 aliphatic rings. The average molecular weight is 277 g/mol. The molecule has 2 unspecified atom stereocenters. The molecule has 1 amide bonds. The molecule has 0 aromatic heterocycles. The normalized spacial score (nSPS) is 21.4. The third-order valence-corrected chi connectivity index (χ3v) is 3.47. The minimum Gasteiger partial charge on any atom is -0.374 e. The van der Waals surface area contributed by atoms with E-state index in [1.54, 1.807) is 0 Å². The maximum absolute atomic E-state index is 12.0. The van der Waals surface area contributed by atoms with E-state index >= 15 is 0 Å². The van der Waals surface area contributed by atoms with Gasteiger partial charge in [0, 0.05) is 24.8 Å². The molecule has 1 fully saturated rings. The van der Waals surface area contributed by atoms with Crippen LogP contribution in [0, 0.1) is 6.92 Å². The Hall–Kier alpha value is -1.43. The number of nitrogens with two attached hydrogens (primary N) is 1. The second-order valence-corrected chi connectivity index (χ2v) is 5.42. The van der Waals surface area contributed by atoms with Gasteiger partial charge in [-0.3, -0.25) is 9.69 Å². The molecular weight excluding hydrogens is 254 g/mol. The van der Waals surface area contributed by atoms with Gasteiger partial charge in [-0.2, -0.15) is 0 Å². The molecule has 2 atom stereocenters. The number of anilines is 1. The summed E-state index contributed by atoms with van der Waals surface area (Å²) in [6.45, 7) is 6.43. The quantitative estimate of drug-likeness (QED) is 0.861. The lowest BCUT2D eigenvalue weighted by Crippen LogP contribution is -2.51. The summed E-state index contributed by atoms with van der Waals surface area (Å²) in [5.74, 6) is -0.000762. The summed E-state index contributed by atoms with van der Waals surface area (Å²) in [7, 11) is 0. The highest BCUT2D eigenvalue weighted by Crippen LogP contribution is 2.10. The van der Waals surface area contributed by atoms with Gasteiger partial charge in [0.15, 0.2) is 0 Å². The maximum atomic E-state index is 12.0. The van der Waals surface area contributed by atoms with Gasteiger partial charge in [-0.1, -0.05) is 17.7 Å². The van der Waals surface area contributed by atoms with Crippen molar-refractivity contribution in [1.82, 2.24) is 4.90 Å². The average Bonchev–Trinajstić information content (AvgIpc) is 2.41. The minimum absolute atomic E-state index is 0.000762. The molecule has 3 N–H and O–H groups in total. The largest absolute Gasteiger partial charge is 0.374 e. The van der Waals surface area contributed by atoms with Gasteiger partial charge in [0.05, 0.1) is 19.3 Å². The minimum atomic E-state index is -0.0158. The van der Waals surface area contributed by atoms with E-state index in [0.717, 1.165) is 12.2 Å². The summed E-state index contributed by atoms with van der Waals surface area (Å²) >= 11 is 0. The first-order valence-corrected chi connectivity index (χ1v) is 7.00. The zero-order chi connectivity index (χ0) is 14.5. The van der Waals surface area contributed by atoms with Gasteiger partial charge in [-0.25, -0.2) is 0 Å². The van der Waals surface area contributed by atoms with Crippen molar-refractivity contribution < 1.29 is 9.53 Å². The Bertz CT molecular complexity index is 445. The number of ether oxygens (including phenoxy) is 1. The van der Waals surface area contributed by atoms with Gasteiger partial charge < -0.3 is 15.8 Å². The van der Waals surface area contributed by atoms with E-state index in [9.17, 15) is 4.79 Å². The van der Waals surface area contributed by atoms with Crippen molar-refractivity contribution >= 4 is 11.6 Å². The number of benzene rings is 1. The highest BCUT2D eigenvalue weighted by Gasteiger charge is 2.24. The summed E-state index contributed by atoms with van der Waals surface area (Å²) in [5, 5.41) is 2.91. The molecular formula is C15H23N3O2. The number of hydrogen-bond donors (Lipinski definition) is 2. The van der Waals surface area contributed by atoms with Gasteiger partial charge in [0.25, 0.3) is 0 Å². The van der Waals surface area contributed by atoms with Crippen molar-refractivity contribution in [2.75, 3.05) is 31.6 Å². The first-order chi connectivity index (χ1) is 9.54. The lowest BCUT2D eigenvalue weighted by Gasteiger charge is -2.34. The summed E-state index contributed by atoms with van der Waals surface area (Å²) in [6.07, 6.45) is 0.0101. The van der Waals surface area contributed by atoms with Crippen LogP contribution in [0.5, 0.6) is 0 Å². The van der Waals surface area contributed by atoms with Gasteiger partial charge in [0.2, 0.25) is 5.91 Å². The van der Waals surface area contributed by atoms with Crippen molar-refractivity contribution in [3.8, 4) is 0 Å². The van der Waals surface area contributed by atoms with E-state index in [1.807, 2.05) is 38.1 Å².